The molecule has 0 radical (unpaired) electrons. The Kier molecular flexibility index (Phi) is 6.69. The van der Waals surface area contributed by atoms with E-state index in [1.54, 1.807) is 18.3 Å². The Labute approximate surface area is 143 Å². The molecule has 2 amide bonds. The van der Waals surface area contributed by atoms with Crippen LogP contribution in [0.1, 0.15) is 11.3 Å². The Morgan fingerprint density at radius 2 is 1.96 bits per heavy atom. The molecule has 2 rings (SSSR count). The first-order valence-corrected chi connectivity index (χ1v) is 7.90. The summed E-state index contributed by atoms with van der Waals surface area (Å²) in [7, 11) is 5.62. The molecule has 0 bridgehead atoms. The Balaban J connectivity index is 1.91. The van der Waals surface area contributed by atoms with E-state index in [9.17, 15) is 4.79 Å². The lowest BCUT2D eigenvalue weighted by atomic mass is 10.2. The quantitative estimate of drug-likeness (QED) is 0.808. The van der Waals surface area contributed by atoms with E-state index in [-0.39, 0.29) is 6.03 Å². The Morgan fingerprint density at radius 1 is 1.21 bits per heavy atom. The zero-order valence-electron chi connectivity index (χ0n) is 14.5. The Hall–Kier alpha value is -2.47. The molecule has 6 nitrogen and oxygen atoms in total. The van der Waals surface area contributed by atoms with E-state index in [4.69, 9.17) is 9.15 Å². The van der Waals surface area contributed by atoms with Gasteiger partial charge in [0, 0.05) is 40.0 Å². The van der Waals surface area contributed by atoms with Gasteiger partial charge in [-0.1, -0.05) is 12.1 Å². The average Bonchev–Trinajstić information content (AvgIpc) is 3.10. The van der Waals surface area contributed by atoms with E-state index >= 15 is 0 Å². The van der Waals surface area contributed by atoms with Crippen LogP contribution in [0.25, 0.3) is 0 Å². The molecule has 2 aromatic rings. The van der Waals surface area contributed by atoms with Crippen molar-refractivity contribution in [2.24, 2.45) is 0 Å². The molecule has 6 heteroatoms. The molecule has 0 spiro atoms. The van der Waals surface area contributed by atoms with Gasteiger partial charge in [-0.25, -0.2) is 4.79 Å². The number of anilines is 1. The van der Waals surface area contributed by atoms with E-state index in [1.807, 2.05) is 55.4 Å². The van der Waals surface area contributed by atoms with Crippen LogP contribution in [0.5, 0.6) is 0 Å². The fraction of sp³-hybridized carbons (Fsp3) is 0.389. The largest absolute Gasteiger partial charge is 0.467 e. The summed E-state index contributed by atoms with van der Waals surface area (Å²) in [5.41, 5.74) is 2.18. The molecule has 0 saturated carbocycles. The van der Waals surface area contributed by atoms with Crippen LogP contribution in [0.2, 0.25) is 0 Å². The van der Waals surface area contributed by atoms with E-state index in [1.165, 1.54) is 0 Å². The number of benzene rings is 1. The first-order chi connectivity index (χ1) is 11.6. The van der Waals surface area contributed by atoms with Crippen LogP contribution >= 0.6 is 0 Å². The van der Waals surface area contributed by atoms with Crippen LogP contribution in [0.15, 0.2) is 47.1 Å². The van der Waals surface area contributed by atoms with Gasteiger partial charge in [-0.05, 0) is 29.8 Å². The number of nitrogens with one attached hydrogen (secondary N) is 1. The molecule has 0 saturated heterocycles. The second kappa shape index (κ2) is 8.98. The van der Waals surface area contributed by atoms with E-state index in [0.717, 1.165) is 17.0 Å². The summed E-state index contributed by atoms with van der Waals surface area (Å²) < 4.78 is 10.4. The number of methoxy groups -OCH3 is 1. The third-order valence-electron chi connectivity index (χ3n) is 3.68. The maximum atomic E-state index is 12.4. The number of hydrogen-bond donors (Lipinski definition) is 1. The van der Waals surface area contributed by atoms with Crippen LogP contribution in [0.3, 0.4) is 0 Å². The summed E-state index contributed by atoms with van der Waals surface area (Å²) in [4.78, 5) is 16.2. The lowest BCUT2D eigenvalue weighted by Crippen LogP contribution is -2.40. The SMILES string of the molecule is COCCN(Cc1ccco1)C(=O)NCc1ccc(N(C)C)cc1. The maximum absolute atomic E-state index is 12.4. The lowest BCUT2D eigenvalue weighted by molar-refractivity contribution is 0.142. The third kappa shape index (κ3) is 5.31. The van der Waals surface area contributed by atoms with Crippen LogP contribution < -0.4 is 10.2 Å². The van der Waals surface area contributed by atoms with Gasteiger partial charge in [0.2, 0.25) is 0 Å². The molecule has 0 fully saturated rings. The van der Waals surface area contributed by atoms with Crippen molar-refractivity contribution in [2.75, 3.05) is 39.3 Å². The van der Waals surface area contributed by atoms with E-state index < -0.39 is 0 Å². The smallest absolute Gasteiger partial charge is 0.318 e. The number of ether oxygens (including phenoxy) is 1. The minimum atomic E-state index is -0.139. The minimum Gasteiger partial charge on any atom is -0.467 e. The summed E-state index contributed by atoms with van der Waals surface area (Å²) in [6, 6.07) is 11.6. The molecule has 0 atom stereocenters. The van der Waals surface area contributed by atoms with Crippen molar-refractivity contribution in [2.45, 2.75) is 13.1 Å². The molecular weight excluding hydrogens is 306 g/mol. The highest BCUT2D eigenvalue weighted by atomic mass is 16.5. The Morgan fingerprint density at radius 3 is 2.54 bits per heavy atom. The van der Waals surface area contributed by atoms with Gasteiger partial charge in [0.1, 0.15) is 5.76 Å². The highest BCUT2D eigenvalue weighted by Gasteiger charge is 2.14. The lowest BCUT2D eigenvalue weighted by Gasteiger charge is -2.22. The van der Waals surface area contributed by atoms with Crippen molar-refractivity contribution in [3.8, 4) is 0 Å². The zero-order chi connectivity index (χ0) is 17.4. The number of carbonyl (C=O) groups excluding carboxylic acids is 1. The first kappa shape index (κ1) is 17.9. The van der Waals surface area contributed by atoms with Crippen LogP contribution in [-0.4, -0.2) is 45.3 Å². The van der Waals surface area contributed by atoms with Gasteiger partial charge in [-0.3, -0.25) is 0 Å². The first-order valence-electron chi connectivity index (χ1n) is 7.90. The van der Waals surface area contributed by atoms with Crippen molar-refractivity contribution in [1.29, 1.82) is 0 Å². The molecule has 1 N–H and O–H groups in total. The Bertz CT molecular complexity index is 609. The van der Waals surface area contributed by atoms with Gasteiger partial charge < -0.3 is 24.3 Å². The van der Waals surface area contributed by atoms with Gasteiger partial charge in [-0.2, -0.15) is 0 Å². The topological polar surface area (TPSA) is 58.0 Å². The number of urea groups is 1. The highest BCUT2D eigenvalue weighted by molar-refractivity contribution is 5.74. The molecule has 24 heavy (non-hydrogen) atoms. The van der Waals surface area contributed by atoms with Crippen molar-refractivity contribution in [3.05, 3.63) is 54.0 Å². The molecule has 1 aromatic carbocycles. The predicted octanol–water partition coefficient (Wildman–Crippen LogP) is 2.70. The molecular formula is C18H25N3O3. The number of carbonyl (C=O) groups is 1. The second-order valence-electron chi connectivity index (χ2n) is 5.71. The number of rotatable bonds is 8. The molecule has 0 aliphatic rings. The highest BCUT2D eigenvalue weighted by Crippen LogP contribution is 2.12. The van der Waals surface area contributed by atoms with Crippen molar-refractivity contribution < 1.29 is 13.9 Å². The normalized spacial score (nSPS) is 10.5. The molecule has 1 aromatic heterocycles. The zero-order valence-corrected chi connectivity index (χ0v) is 14.5. The summed E-state index contributed by atoms with van der Waals surface area (Å²) in [6.07, 6.45) is 1.61. The number of nitrogens with zero attached hydrogens (tertiary/aromatic N) is 2. The summed E-state index contributed by atoms with van der Waals surface area (Å²) in [5.74, 6) is 0.747. The molecule has 1 heterocycles. The minimum absolute atomic E-state index is 0.139. The maximum Gasteiger partial charge on any atom is 0.318 e. The van der Waals surface area contributed by atoms with Crippen LogP contribution in [0, 0.1) is 0 Å². The van der Waals surface area contributed by atoms with Gasteiger partial charge in [0.15, 0.2) is 0 Å². The van der Waals surface area contributed by atoms with Gasteiger partial charge >= 0.3 is 6.03 Å². The van der Waals surface area contributed by atoms with Crippen LogP contribution in [0.4, 0.5) is 10.5 Å². The number of furan rings is 1. The van der Waals surface area contributed by atoms with E-state index in [2.05, 4.69) is 5.32 Å². The average molecular weight is 331 g/mol. The predicted molar refractivity (Wildman–Crippen MR) is 94.0 cm³/mol. The fourth-order valence-corrected chi connectivity index (χ4v) is 2.25. The standard InChI is InChI=1S/C18H25N3O3/c1-20(2)16-8-6-15(7-9-16)13-19-18(22)21(10-12-23-3)14-17-5-4-11-24-17/h4-9,11H,10,12-14H2,1-3H3,(H,19,22). The van der Waals surface area contributed by atoms with Gasteiger partial charge in [0.25, 0.3) is 0 Å². The summed E-state index contributed by atoms with van der Waals surface area (Å²) >= 11 is 0. The monoisotopic (exact) mass is 331 g/mol. The summed E-state index contributed by atoms with van der Waals surface area (Å²) in [5, 5.41) is 2.95. The van der Waals surface area contributed by atoms with Crippen LogP contribution in [-0.2, 0) is 17.8 Å². The molecule has 130 valence electrons. The van der Waals surface area contributed by atoms with E-state index in [0.29, 0.717) is 26.2 Å². The molecule has 0 unspecified atom stereocenters. The van der Waals surface area contributed by atoms with Gasteiger partial charge in [-0.15, -0.1) is 0 Å². The molecule has 0 aliphatic carbocycles. The van der Waals surface area contributed by atoms with Crippen molar-refractivity contribution in [3.63, 3.8) is 0 Å². The second-order valence-corrected chi connectivity index (χ2v) is 5.71. The van der Waals surface area contributed by atoms with Crippen molar-refractivity contribution in [1.82, 2.24) is 10.2 Å². The summed E-state index contributed by atoms with van der Waals surface area (Å²) in [6.45, 7) is 1.88. The fourth-order valence-electron chi connectivity index (χ4n) is 2.25. The number of hydrogen-bond acceptors (Lipinski definition) is 4. The molecule has 0 aliphatic heterocycles. The number of amides is 2. The third-order valence-corrected chi connectivity index (χ3v) is 3.68. The van der Waals surface area contributed by atoms with Crippen molar-refractivity contribution >= 4 is 11.7 Å². The van der Waals surface area contributed by atoms with Gasteiger partial charge in [0.05, 0.1) is 19.4 Å².